The van der Waals surface area contributed by atoms with E-state index in [0.717, 1.165) is 19.3 Å². The van der Waals surface area contributed by atoms with Crippen LogP contribution in [0.15, 0.2) is 0 Å². The molecule has 0 spiro atoms. The van der Waals surface area contributed by atoms with E-state index < -0.39 is 6.10 Å². The Morgan fingerprint density at radius 1 is 1.45 bits per heavy atom. The van der Waals surface area contributed by atoms with Gasteiger partial charge in [-0.15, -0.1) is 11.3 Å². The lowest BCUT2D eigenvalue weighted by molar-refractivity contribution is -0.0573. The summed E-state index contributed by atoms with van der Waals surface area (Å²) >= 11 is 1.85. The van der Waals surface area contributed by atoms with Crippen LogP contribution in [-0.4, -0.2) is 46.9 Å². The first kappa shape index (κ1) is 17.9. The number of nitrogens with zero attached hydrogens (tertiary/aromatic N) is 2. The summed E-state index contributed by atoms with van der Waals surface area (Å²) in [7, 11) is 2.10. The van der Waals surface area contributed by atoms with Crippen LogP contribution in [0.5, 0.6) is 0 Å². The summed E-state index contributed by atoms with van der Waals surface area (Å²) in [5.41, 5.74) is 1.08. The molecule has 0 bridgehead atoms. The summed E-state index contributed by atoms with van der Waals surface area (Å²) in [5, 5.41) is 11.5. The van der Waals surface area contributed by atoms with Crippen molar-refractivity contribution < 1.29 is 9.84 Å². The number of likely N-dealkylation sites (N-methyl/N-ethyl adjacent to an activating group) is 1. The second kappa shape index (κ2) is 7.39. The summed E-state index contributed by atoms with van der Waals surface area (Å²) in [6, 6.07) is 0.394. The fraction of sp³-hybridized carbons (Fsp3) is 0.824. The number of ether oxygens (including phenoxy) is 1. The van der Waals surface area contributed by atoms with Gasteiger partial charge >= 0.3 is 0 Å². The third-order valence-electron chi connectivity index (χ3n) is 4.01. The van der Waals surface area contributed by atoms with Gasteiger partial charge in [0.15, 0.2) is 0 Å². The van der Waals surface area contributed by atoms with Crippen molar-refractivity contribution in [3.63, 3.8) is 0 Å². The van der Waals surface area contributed by atoms with Crippen molar-refractivity contribution in [2.75, 3.05) is 20.2 Å². The average Bonchev–Trinajstić information content (AvgIpc) is 2.87. The minimum absolute atomic E-state index is 0.203. The van der Waals surface area contributed by atoms with Gasteiger partial charge in [-0.2, -0.15) is 0 Å². The number of aliphatic hydroxyl groups is 1. The molecule has 4 nitrogen and oxygen atoms in total. The van der Waals surface area contributed by atoms with Crippen LogP contribution in [0.25, 0.3) is 0 Å². The summed E-state index contributed by atoms with van der Waals surface area (Å²) in [6.07, 6.45) is 4.00. The van der Waals surface area contributed by atoms with Crippen LogP contribution in [0.2, 0.25) is 0 Å². The molecule has 0 fully saturated rings. The maximum Gasteiger partial charge on any atom is 0.0928 e. The number of aliphatic hydroxyl groups excluding tert-OH is 1. The molecule has 0 aliphatic heterocycles. The minimum Gasteiger partial charge on any atom is -0.389 e. The van der Waals surface area contributed by atoms with E-state index >= 15 is 0 Å². The Balaban J connectivity index is 1.96. The molecule has 126 valence electrons. The van der Waals surface area contributed by atoms with Crippen molar-refractivity contribution in [1.82, 2.24) is 9.88 Å². The summed E-state index contributed by atoms with van der Waals surface area (Å²) < 4.78 is 5.68. The van der Waals surface area contributed by atoms with E-state index in [1.807, 2.05) is 32.1 Å². The molecule has 1 aromatic heterocycles. The molecule has 1 aliphatic carbocycles. The molecular formula is C17H30N2O2S. The van der Waals surface area contributed by atoms with Gasteiger partial charge in [0.25, 0.3) is 0 Å². The van der Waals surface area contributed by atoms with Crippen LogP contribution < -0.4 is 0 Å². The maximum absolute atomic E-state index is 10.2. The standard InChI is InChI=1S/C17H30N2O2S/c1-6-15-18-13-8-7-9-14(16(13)22-15)19(5)10-12(20)11-21-17(2,3)4/h12,14,20H,6-11H2,1-5H3. The molecule has 0 aromatic carbocycles. The molecule has 1 aliphatic rings. The minimum atomic E-state index is -0.451. The first-order valence-corrected chi connectivity index (χ1v) is 9.12. The molecule has 2 atom stereocenters. The van der Waals surface area contributed by atoms with Gasteiger partial charge in [-0.25, -0.2) is 4.98 Å². The SMILES string of the molecule is CCc1nc2c(s1)C(N(C)CC(O)COC(C)(C)C)CCC2. The quantitative estimate of drug-likeness (QED) is 0.872. The highest BCUT2D eigenvalue weighted by atomic mass is 32.1. The third kappa shape index (κ3) is 4.75. The number of aryl methyl sites for hydroxylation is 2. The Kier molecular flexibility index (Phi) is 6.00. The smallest absolute Gasteiger partial charge is 0.0928 e. The normalized spacial score (nSPS) is 20.2. The molecule has 0 saturated heterocycles. The predicted octanol–water partition coefficient (Wildman–Crippen LogP) is 3.19. The molecule has 0 radical (unpaired) electrons. The molecule has 0 saturated carbocycles. The summed E-state index contributed by atoms with van der Waals surface area (Å²) in [4.78, 5) is 8.44. The fourth-order valence-electron chi connectivity index (χ4n) is 2.88. The number of hydrogen-bond acceptors (Lipinski definition) is 5. The second-order valence-corrected chi connectivity index (χ2v) is 8.31. The highest BCUT2D eigenvalue weighted by Crippen LogP contribution is 2.37. The maximum atomic E-state index is 10.2. The van der Waals surface area contributed by atoms with Crippen LogP contribution in [0.4, 0.5) is 0 Å². The van der Waals surface area contributed by atoms with E-state index in [0.29, 0.717) is 19.2 Å². The first-order chi connectivity index (χ1) is 10.3. The topological polar surface area (TPSA) is 45.6 Å². The lowest BCUT2D eigenvalue weighted by atomic mass is 9.97. The monoisotopic (exact) mass is 326 g/mol. The van der Waals surface area contributed by atoms with Crippen LogP contribution in [0.1, 0.15) is 62.2 Å². The van der Waals surface area contributed by atoms with Gasteiger partial charge in [-0.3, -0.25) is 4.90 Å². The van der Waals surface area contributed by atoms with Crippen LogP contribution in [-0.2, 0) is 17.6 Å². The lowest BCUT2D eigenvalue weighted by Gasteiger charge is -2.32. The van der Waals surface area contributed by atoms with Crippen LogP contribution >= 0.6 is 11.3 Å². The van der Waals surface area contributed by atoms with Gasteiger partial charge in [0.2, 0.25) is 0 Å². The number of thiazole rings is 1. The number of rotatable bonds is 6. The van der Waals surface area contributed by atoms with Gasteiger partial charge in [-0.05, 0) is 53.5 Å². The number of hydrogen-bond donors (Lipinski definition) is 1. The molecule has 2 rings (SSSR count). The number of aromatic nitrogens is 1. The van der Waals surface area contributed by atoms with Crippen molar-refractivity contribution in [3.05, 3.63) is 15.6 Å². The molecule has 1 N–H and O–H groups in total. The van der Waals surface area contributed by atoms with E-state index in [4.69, 9.17) is 9.72 Å². The van der Waals surface area contributed by atoms with Gasteiger partial charge in [0.05, 0.1) is 29.0 Å². The zero-order chi connectivity index (χ0) is 16.3. The van der Waals surface area contributed by atoms with E-state index in [2.05, 4.69) is 18.9 Å². The zero-order valence-electron chi connectivity index (χ0n) is 14.6. The van der Waals surface area contributed by atoms with E-state index in [1.54, 1.807) is 0 Å². The fourth-order valence-corrected chi connectivity index (χ4v) is 4.13. The molecular weight excluding hydrogens is 296 g/mol. The van der Waals surface area contributed by atoms with Crippen molar-refractivity contribution in [1.29, 1.82) is 0 Å². The summed E-state index contributed by atoms with van der Waals surface area (Å²) in [6.45, 7) is 9.23. The largest absolute Gasteiger partial charge is 0.389 e. The molecule has 2 unspecified atom stereocenters. The molecule has 0 amide bonds. The van der Waals surface area contributed by atoms with E-state index in [9.17, 15) is 5.11 Å². The van der Waals surface area contributed by atoms with Gasteiger partial charge in [0.1, 0.15) is 0 Å². The Bertz CT molecular complexity index is 481. The van der Waals surface area contributed by atoms with Crippen molar-refractivity contribution in [3.8, 4) is 0 Å². The summed E-state index contributed by atoms with van der Waals surface area (Å²) in [5.74, 6) is 0. The van der Waals surface area contributed by atoms with Gasteiger partial charge in [0, 0.05) is 17.5 Å². The molecule has 1 heterocycles. The van der Waals surface area contributed by atoms with Gasteiger partial charge in [-0.1, -0.05) is 6.92 Å². The van der Waals surface area contributed by atoms with E-state index in [-0.39, 0.29) is 5.60 Å². The van der Waals surface area contributed by atoms with Crippen molar-refractivity contribution in [2.45, 2.75) is 71.1 Å². The van der Waals surface area contributed by atoms with Crippen LogP contribution in [0, 0.1) is 0 Å². The average molecular weight is 327 g/mol. The number of fused-ring (bicyclic) bond motifs is 1. The zero-order valence-corrected chi connectivity index (χ0v) is 15.4. The predicted molar refractivity (Wildman–Crippen MR) is 91.5 cm³/mol. The third-order valence-corrected chi connectivity index (χ3v) is 5.35. The van der Waals surface area contributed by atoms with Crippen LogP contribution in [0.3, 0.4) is 0 Å². The highest BCUT2D eigenvalue weighted by Gasteiger charge is 2.28. The highest BCUT2D eigenvalue weighted by molar-refractivity contribution is 7.11. The molecule has 5 heteroatoms. The van der Waals surface area contributed by atoms with Crippen molar-refractivity contribution in [2.24, 2.45) is 0 Å². The van der Waals surface area contributed by atoms with Gasteiger partial charge < -0.3 is 9.84 Å². The van der Waals surface area contributed by atoms with Crippen molar-refractivity contribution >= 4 is 11.3 Å². The molecule has 22 heavy (non-hydrogen) atoms. The Labute approximate surface area is 138 Å². The Morgan fingerprint density at radius 3 is 2.82 bits per heavy atom. The second-order valence-electron chi connectivity index (χ2n) is 7.20. The Morgan fingerprint density at radius 2 is 2.18 bits per heavy atom. The Hall–Kier alpha value is -0.490. The van der Waals surface area contributed by atoms with E-state index in [1.165, 1.54) is 22.0 Å². The molecule has 1 aromatic rings. The first-order valence-electron chi connectivity index (χ1n) is 8.31. The lowest BCUT2D eigenvalue weighted by Crippen LogP contribution is -2.37.